The minimum absolute atomic E-state index is 0.118. The predicted octanol–water partition coefficient (Wildman–Crippen LogP) is 4.44. The van der Waals surface area contributed by atoms with Crippen LogP contribution in [-0.4, -0.2) is 72.6 Å². The average Bonchev–Trinajstić information content (AvgIpc) is 3.16. The third kappa shape index (κ3) is 5.78. The lowest BCUT2D eigenvalue weighted by atomic mass is 9.92. The molecule has 196 valence electrons. The van der Waals surface area contributed by atoms with E-state index in [1.54, 1.807) is 29.2 Å². The first-order valence-corrected chi connectivity index (χ1v) is 12.8. The Bertz CT molecular complexity index is 1180. The summed E-state index contributed by atoms with van der Waals surface area (Å²) in [4.78, 5) is 30.5. The molecule has 1 amide bonds. The van der Waals surface area contributed by atoms with E-state index in [0.717, 1.165) is 24.2 Å². The van der Waals surface area contributed by atoms with Gasteiger partial charge in [-0.05, 0) is 47.7 Å². The van der Waals surface area contributed by atoms with Gasteiger partial charge < -0.3 is 19.5 Å². The standard InChI is InChI=1S/C30H36N2O5/c1-5-16-37-24-10-11-25(21(4)19-24)28(33)26-27(23-8-6-22(7-9-23)20(2)3)32(30(35)29(26)34)13-12-31-14-17-36-18-15-31/h5-11,19-20,27,33H,1,12-18H2,2-4H3/t27-/m1/s1. The summed E-state index contributed by atoms with van der Waals surface area (Å²) in [6, 6.07) is 12.6. The maximum absolute atomic E-state index is 13.4. The second kappa shape index (κ2) is 11.8. The van der Waals surface area contributed by atoms with Gasteiger partial charge in [-0.25, -0.2) is 0 Å². The van der Waals surface area contributed by atoms with Crippen molar-refractivity contribution in [3.63, 3.8) is 0 Å². The summed E-state index contributed by atoms with van der Waals surface area (Å²) in [5, 5.41) is 11.5. The van der Waals surface area contributed by atoms with Crippen LogP contribution in [0.25, 0.3) is 5.76 Å². The third-order valence-electron chi connectivity index (χ3n) is 7.04. The number of carbonyl (C=O) groups is 2. The topological polar surface area (TPSA) is 79.3 Å². The van der Waals surface area contributed by atoms with Crippen molar-refractivity contribution in [1.29, 1.82) is 0 Å². The lowest BCUT2D eigenvalue weighted by Gasteiger charge is -2.31. The van der Waals surface area contributed by atoms with Crippen LogP contribution in [0.3, 0.4) is 0 Å². The molecule has 2 aliphatic heterocycles. The fraction of sp³-hybridized carbons (Fsp3) is 0.400. The summed E-state index contributed by atoms with van der Waals surface area (Å²) in [6.45, 7) is 14.0. The number of morpholine rings is 1. The van der Waals surface area contributed by atoms with Crippen molar-refractivity contribution in [2.75, 3.05) is 46.0 Å². The van der Waals surface area contributed by atoms with E-state index < -0.39 is 17.7 Å². The number of ketones is 1. The second-order valence-electron chi connectivity index (χ2n) is 9.84. The Balaban J connectivity index is 1.73. The monoisotopic (exact) mass is 504 g/mol. The molecule has 7 nitrogen and oxygen atoms in total. The molecular formula is C30H36N2O5. The lowest BCUT2D eigenvalue weighted by molar-refractivity contribution is -0.140. The van der Waals surface area contributed by atoms with Crippen LogP contribution in [-0.2, 0) is 14.3 Å². The molecule has 37 heavy (non-hydrogen) atoms. The number of amides is 1. The number of Topliss-reactive ketones (excluding diaryl/α,β-unsaturated/α-hetero) is 1. The molecule has 2 aromatic carbocycles. The second-order valence-corrected chi connectivity index (χ2v) is 9.84. The molecule has 1 atom stereocenters. The largest absolute Gasteiger partial charge is 0.507 e. The maximum atomic E-state index is 13.4. The first-order valence-electron chi connectivity index (χ1n) is 12.8. The lowest BCUT2D eigenvalue weighted by Crippen LogP contribution is -2.42. The Labute approximate surface area is 219 Å². The fourth-order valence-corrected chi connectivity index (χ4v) is 4.89. The number of benzene rings is 2. The van der Waals surface area contributed by atoms with E-state index in [1.165, 1.54) is 5.56 Å². The van der Waals surface area contributed by atoms with Crippen molar-refractivity contribution >= 4 is 17.4 Å². The number of nitrogens with zero attached hydrogens (tertiary/aromatic N) is 2. The Kier molecular flexibility index (Phi) is 8.46. The first kappa shape index (κ1) is 26.6. The fourth-order valence-electron chi connectivity index (χ4n) is 4.89. The van der Waals surface area contributed by atoms with Crippen LogP contribution >= 0.6 is 0 Å². The smallest absolute Gasteiger partial charge is 0.295 e. The molecule has 2 aliphatic rings. The Hall–Kier alpha value is -3.42. The molecule has 0 saturated carbocycles. The number of aliphatic hydroxyl groups is 1. The number of carbonyl (C=O) groups excluding carboxylic acids is 2. The molecule has 0 unspecified atom stereocenters. The highest BCUT2D eigenvalue weighted by atomic mass is 16.5. The Morgan fingerprint density at radius 1 is 1.14 bits per heavy atom. The van der Waals surface area contributed by atoms with E-state index >= 15 is 0 Å². The number of hydrogen-bond donors (Lipinski definition) is 1. The van der Waals surface area contributed by atoms with E-state index in [9.17, 15) is 14.7 Å². The van der Waals surface area contributed by atoms with E-state index in [0.29, 0.717) is 50.1 Å². The van der Waals surface area contributed by atoms with Gasteiger partial charge in [0, 0.05) is 31.7 Å². The quantitative estimate of drug-likeness (QED) is 0.236. The van der Waals surface area contributed by atoms with Crippen LogP contribution in [0.1, 0.15) is 48.1 Å². The Morgan fingerprint density at radius 3 is 2.46 bits per heavy atom. The summed E-state index contributed by atoms with van der Waals surface area (Å²) in [5.74, 6) is -0.426. The molecule has 2 heterocycles. The summed E-state index contributed by atoms with van der Waals surface area (Å²) >= 11 is 0. The van der Waals surface area contributed by atoms with Crippen LogP contribution in [0.2, 0.25) is 0 Å². The number of likely N-dealkylation sites (tertiary alicyclic amines) is 1. The minimum atomic E-state index is -0.668. The van der Waals surface area contributed by atoms with Gasteiger partial charge in [-0.2, -0.15) is 0 Å². The van der Waals surface area contributed by atoms with Crippen molar-refractivity contribution in [3.05, 3.63) is 82.9 Å². The molecular weight excluding hydrogens is 468 g/mol. The summed E-state index contributed by atoms with van der Waals surface area (Å²) in [6.07, 6.45) is 1.66. The van der Waals surface area contributed by atoms with Crippen molar-refractivity contribution in [3.8, 4) is 5.75 Å². The molecule has 0 bridgehead atoms. The molecule has 2 aromatic rings. The minimum Gasteiger partial charge on any atom is -0.507 e. The number of rotatable bonds is 9. The molecule has 7 heteroatoms. The van der Waals surface area contributed by atoms with E-state index in [4.69, 9.17) is 9.47 Å². The Morgan fingerprint density at radius 2 is 1.84 bits per heavy atom. The van der Waals surface area contributed by atoms with Gasteiger partial charge in [-0.3, -0.25) is 14.5 Å². The van der Waals surface area contributed by atoms with Gasteiger partial charge >= 0.3 is 0 Å². The zero-order chi connectivity index (χ0) is 26.5. The molecule has 1 N–H and O–H groups in total. The van der Waals surface area contributed by atoms with Gasteiger partial charge in [0.05, 0.1) is 24.8 Å². The van der Waals surface area contributed by atoms with Crippen molar-refractivity contribution in [2.45, 2.75) is 32.7 Å². The summed E-state index contributed by atoms with van der Waals surface area (Å²) in [5.41, 5.74) is 3.33. The van der Waals surface area contributed by atoms with Crippen LogP contribution in [0.5, 0.6) is 5.75 Å². The zero-order valence-electron chi connectivity index (χ0n) is 21.9. The van der Waals surface area contributed by atoms with Gasteiger partial charge in [0.15, 0.2) is 0 Å². The van der Waals surface area contributed by atoms with E-state index in [1.807, 2.05) is 31.2 Å². The van der Waals surface area contributed by atoms with Gasteiger partial charge in [-0.15, -0.1) is 0 Å². The van der Waals surface area contributed by atoms with Crippen LogP contribution in [0, 0.1) is 6.92 Å². The van der Waals surface area contributed by atoms with Gasteiger partial charge in [-0.1, -0.05) is 50.8 Å². The number of aryl methyl sites for hydroxylation is 1. The van der Waals surface area contributed by atoms with Gasteiger partial charge in [0.25, 0.3) is 11.7 Å². The molecule has 0 aliphatic carbocycles. The predicted molar refractivity (Wildman–Crippen MR) is 144 cm³/mol. The van der Waals surface area contributed by atoms with E-state index in [-0.39, 0.29) is 11.3 Å². The normalized spacial score (nSPS) is 20.0. The van der Waals surface area contributed by atoms with Crippen LogP contribution in [0.4, 0.5) is 0 Å². The SMILES string of the molecule is C=CCOc1ccc(C(O)=C2C(=O)C(=O)N(CCN3CCOCC3)[C@@H]2c2ccc(C(C)C)cc2)c(C)c1. The average molecular weight is 505 g/mol. The molecule has 2 saturated heterocycles. The number of hydrogen-bond acceptors (Lipinski definition) is 6. The third-order valence-corrected chi connectivity index (χ3v) is 7.04. The summed E-state index contributed by atoms with van der Waals surface area (Å²) in [7, 11) is 0. The molecule has 4 rings (SSSR count). The first-order chi connectivity index (χ1) is 17.8. The molecule has 0 spiro atoms. The highest BCUT2D eigenvalue weighted by molar-refractivity contribution is 6.46. The summed E-state index contributed by atoms with van der Waals surface area (Å²) < 4.78 is 11.0. The van der Waals surface area contributed by atoms with E-state index in [2.05, 4.69) is 25.3 Å². The van der Waals surface area contributed by atoms with Crippen molar-refractivity contribution in [2.24, 2.45) is 0 Å². The van der Waals surface area contributed by atoms with Crippen molar-refractivity contribution < 1.29 is 24.2 Å². The highest BCUT2D eigenvalue weighted by Gasteiger charge is 2.46. The van der Waals surface area contributed by atoms with Crippen LogP contribution < -0.4 is 4.74 Å². The maximum Gasteiger partial charge on any atom is 0.295 e. The molecule has 0 radical (unpaired) electrons. The van der Waals surface area contributed by atoms with Crippen LogP contribution in [0.15, 0.2) is 60.7 Å². The van der Waals surface area contributed by atoms with Gasteiger partial charge in [0.2, 0.25) is 0 Å². The number of aliphatic hydroxyl groups excluding tert-OH is 1. The zero-order valence-corrected chi connectivity index (χ0v) is 21.9. The number of ether oxygens (including phenoxy) is 2. The highest BCUT2D eigenvalue weighted by Crippen LogP contribution is 2.40. The van der Waals surface area contributed by atoms with Crippen molar-refractivity contribution in [1.82, 2.24) is 9.80 Å². The van der Waals surface area contributed by atoms with Gasteiger partial charge in [0.1, 0.15) is 18.1 Å². The molecule has 0 aromatic heterocycles. The molecule has 2 fully saturated rings.